The van der Waals surface area contributed by atoms with Crippen molar-refractivity contribution >= 4 is 28.5 Å². The van der Waals surface area contributed by atoms with Crippen LogP contribution < -0.4 is 5.32 Å². The Kier molecular flexibility index (Phi) is 6.01. The molecule has 1 aromatic rings. The van der Waals surface area contributed by atoms with Crippen LogP contribution in [0.25, 0.3) is 0 Å². The van der Waals surface area contributed by atoms with Gasteiger partial charge < -0.3 is 10.1 Å². The van der Waals surface area contributed by atoms with Crippen LogP contribution in [0.2, 0.25) is 0 Å². The molecule has 1 N–H and O–H groups in total. The van der Waals surface area contributed by atoms with Crippen molar-refractivity contribution in [3.05, 3.63) is 33.4 Å². The first-order valence-corrected chi connectivity index (χ1v) is 8.49. The number of halogens is 1. The summed E-state index contributed by atoms with van der Waals surface area (Å²) in [4.78, 5) is 14.7. The van der Waals surface area contributed by atoms with Gasteiger partial charge in [0.15, 0.2) is 0 Å². The molecule has 4 nitrogen and oxygen atoms in total. The van der Waals surface area contributed by atoms with Gasteiger partial charge in [0.05, 0.1) is 13.2 Å². The molecule has 5 heteroatoms. The van der Waals surface area contributed by atoms with Crippen molar-refractivity contribution in [1.29, 1.82) is 0 Å². The van der Waals surface area contributed by atoms with E-state index in [0.29, 0.717) is 6.54 Å². The molecule has 1 aliphatic rings. The van der Waals surface area contributed by atoms with E-state index >= 15 is 0 Å². The lowest BCUT2D eigenvalue weighted by atomic mass is 9.95. The quantitative estimate of drug-likeness (QED) is 0.770. The molecule has 0 aromatic heterocycles. The molecule has 1 heterocycles. The normalized spacial score (nSPS) is 19.0. The van der Waals surface area contributed by atoms with Gasteiger partial charge in [0, 0.05) is 34.3 Å². The molecule has 116 valence electrons. The van der Waals surface area contributed by atoms with Gasteiger partial charge in [-0.15, -0.1) is 0 Å². The third-order valence-electron chi connectivity index (χ3n) is 4.25. The van der Waals surface area contributed by atoms with Crippen molar-refractivity contribution in [2.24, 2.45) is 0 Å². The second kappa shape index (κ2) is 7.56. The van der Waals surface area contributed by atoms with Gasteiger partial charge in [0.1, 0.15) is 0 Å². The average Bonchev–Trinajstić information content (AvgIpc) is 2.53. The van der Waals surface area contributed by atoms with E-state index in [0.717, 1.165) is 41.9 Å². The van der Waals surface area contributed by atoms with Crippen LogP contribution in [0.15, 0.2) is 24.3 Å². The van der Waals surface area contributed by atoms with Crippen LogP contribution >= 0.6 is 22.6 Å². The highest BCUT2D eigenvalue weighted by Gasteiger charge is 2.31. The summed E-state index contributed by atoms with van der Waals surface area (Å²) in [7, 11) is 0. The van der Waals surface area contributed by atoms with E-state index in [2.05, 4.69) is 46.7 Å². The highest BCUT2D eigenvalue weighted by Crippen LogP contribution is 2.20. The number of carbonyl (C=O) groups excluding carboxylic acids is 1. The number of benzene rings is 1. The molecule has 0 saturated carbocycles. The number of carbonyl (C=O) groups is 1. The van der Waals surface area contributed by atoms with Gasteiger partial charge in [-0.2, -0.15) is 0 Å². The SMILES string of the molecule is CC[C@@](C)(CNC(=O)c1cccc(I)c1)N1CCOCC1. The first-order chi connectivity index (χ1) is 10.0. The van der Waals surface area contributed by atoms with Crippen molar-refractivity contribution in [2.75, 3.05) is 32.8 Å². The average molecular weight is 402 g/mol. The predicted octanol–water partition coefficient (Wildman–Crippen LogP) is 2.52. The minimum Gasteiger partial charge on any atom is -0.379 e. The zero-order valence-corrected chi connectivity index (χ0v) is 14.9. The molecule has 0 radical (unpaired) electrons. The minimum atomic E-state index is -0.0125. The molecular formula is C16H23IN2O2. The monoisotopic (exact) mass is 402 g/mol. The van der Waals surface area contributed by atoms with Crippen molar-refractivity contribution in [2.45, 2.75) is 25.8 Å². The number of nitrogens with zero attached hydrogens (tertiary/aromatic N) is 1. The largest absolute Gasteiger partial charge is 0.379 e. The van der Waals surface area contributed by atoms with Gasteiger partial charge in [0.25, 0.3) is 5.91 Å². The number of morpholine rings is 1. The molecular weight excluding hydrogens is 379 g/mol. The lowest BCUT2D eigenvalue weighted by Gasteiger charge is -2.43. The van der Waals surface area contributed by atoms with E-state index in [1.807, 2.05) is 24.3 Å². The number of hydrogen-bond acceptors (Lipinski definition) is 3. The van der Waals surface area contributed by atoms with Crippen LogP contribution in [0.1, 0.15) is 30.6 Å². The van der Waals surface area contributed by atoms with E-state index in [9.17, 15) is 4.79 Å². The Labute approximate surface area is 140 Å². The fourth-order valence-corrected chi connectivity index (χ4v) is 3.11. The van der Waals surface area contributed by atoms with E-state index in [1.54, 1.807) is 0 Å². The summed E-state index contributed by atoms with van der Waals surface area (Å²) < 4.78 is 6.49. The van der Waals surface area contributed by atoms with Crippen molar-refractivity contribution in [3.63, 3.8) is 0 Å². The lowest BCUT2D eigenvalue weighted by molar-refractivity contribution is -0.0169. The van der Waals surface area contributed by atoms with Gasteiger partial charge >= 0.3 is 0 Å². The Balaban J connectivity index is 1.97. The third kappa shape index (κ3) is 4.40. The molecule has 1 saturated heterocycles. The summed E-state index contributed by atoms with van der Waals surface area (Å²) >= 11 is 2.22. The highest BCUT2D eigenvalue weighted by atomic mass is 127. The highest BCUT2D eigenvalue weighted by molar-refractivity contribution is 14.1. The number of nitrogens with one attached hydrogen (secondary N) is 1. The number of hydrogen-bond donors (Lipinski definition) is 1. The maximum absolute atomic E-state index is 12.3. The van der Waals surface area contributed by atoms with Gasteiger partial charge in [-0.25, -0.2) is 0 Å². The Morgan fingerprint density at radius 1 is 1.43 bits per heavy atom. The van der Waals surface area contributed by atoms with Crippen LogP contribution in [-0.4, -0.2) is 49.2 Å². The van der Waals surface area contributed by atoms with Gasteiger partial charge in [0.2, 0.25) is 0 Å². The number of amides is 1. The molecule has 1 aromatic carbocycles. The standard InChI is InChI=1S/C16H23IN2O2/c1-3-16(2,19-7-9-21-10-8-19)12-18-15(20)13-5-4-6-14(17)11-13/h4-6,11H,3,7-10,12H2,1-2H3,(H,18,20)/t16-/m0/s1. The van der Waals surface area contributed by atoms with Crippen LogP contribution in [0.5, 0.6) is 0 Å². The topological polar surface area (TPSA) is 41.6 Å². The second-order valence-electron chi connectivity index (χ2n) is 5.64. The molecule has 0 aliphatic carbocycles. The van der Waals surface area contributed by atoms with Crippen molar-refractivity contribution < 1.29 is 9.53 Å². The molecule has 0 spiro atoms. The summed E-state index contributed by atoms with van der Waals surface area (Å²) in [5.41, 5.74) is 0.712. The first kappa shape index (κ1) is 16.7. The lowest BCUT2D eigenvalue weighted by Crippen LogP contribution is -2.56. The van der Waals surface area contributed by atoms with E-state index in [-0.39, 0.29) is 11.4 Å². The maximum atomic E-state index is 12.3. The Morgan fingerprint density at radius 2 is 2.14 bits per heavy atom. The Hall–Kier alpha value is -0.660. The summed E-state index contributed by atoms with van der Waals surface area (Å²) in [6.07, 6.45) is 1.000. The number of ether oxygens (including phenoxy) is 1. The van der Waals surface area contributed by atoms with Crippen LogP contribution in [-0.2, 0) is 4.74 Å². The van der Waals surface area contributed by atoms with Crippen LogP contribution in [0.3, 0.4) is 0 Å². The van der Waals surface area contributed by atoms with Gasteiger partial charge in [-0.1, -0.05) is 13.0 Å². The molecule has 0 bridgehead atoms. The Bertz CT molecular complexity index is 489. The third-order valence-corrected chi connectivity index (χ3v) is 4.92. The fourth-order valence-electron chi connectivity index (χ4n) is 2.57. The van der Waals surface area contributed by atoms with Crippen molar-refractivity contribution in [3.8, 4) is 0 Å². The van der Waals surface area contributed by atoms with E-state index in [4.69, 9.17) is 4.74 Å². The van der Waals surface area contributed by atoms with Crippen LogP contribution in [0.4, 0.5) is 0 Å². The van der Waals surface area contributed by atoms with E-state index < -0.39 is 0 Å². The summed E-state index contributed by atoms with van der Waals surface area (Å²) in [6, 6.07) is 7.67. The Morgan fingerprint density at radius 3 is 2.76 bits per heavy atom. The zero-order chi connectivity index (χ0) is 15.3. The summed E-state index contributed by atoms with van der Waals surface area (Å²) in [5, 5.41) is 3.09. The molecule has 2 rings (SSSR count). The van der Waals surface area contributed by atoms with E-state index in [1.165, 1.54) is 0 Å². The molecule has 0 unspecified atom stereocenters. The van der Waals surface area contributed by atoms with Crippen LogP contribution in [0, 0.1) is 3.57 Å². The molecule has 1 aliphatic heterocycles. The molecule has 1 amide bonds. The minimum absolute atomic E-state index is 0.00134. The fraction of sp³-hybridized carbons (Fsp3) is 0.562. The molecule has 21 heavy (non-hydrogen) atoms. The van der Waals surface area contributed by atoms with Crippen molar-refractivity contribution in [1.82, 2.24) is 10.2 Å². The predicted molar refractivity (Wildman–Crippen MR) is 92.6 cm³/mol. The second-order valence-corrected chi connectivity index (χ2v) is 6.89. The zero-order valence-electron chi connectivity index (χ0n) is 12.7. The molecule has 1 atom stereocenters. The maximum Gasteiger partial charge on any atom is 0.251 e. The number of rotatable bonds is 5. The van der Waals surface area contributed by atoms with Gasteiger partial charge in [-0.3, -0.25) is 9.69 Å². The summed E-state index contributed by atoms with van der Waals surface area (Å²) in [5.74, 6) is 0.00134. The smallest absolute Gasteiger partial charge is 0.251 e. The van der Waals surface area contributed by atoms with Gasteiger partial charge in [-0.05, 0) is 54.1 Å². The first-order valence-electron chi connectivity index (χ1n) is 7.42. The summed E-state index contributed by atoms with van der Waals surface area (Å²) in [6.45, 7) is 8.47. The molecule has 1 fully saturated rings.